The topological polar surface area (TPSA) is 60.9 Å². The van der Waals surface area contributed by atoms with Crippen LogP contribution < -0.4 is 0 Å². The van der Waals surface area contributed by atoms with Gasteiger partial charge in [0, 0.05) is 32.8 Å². The Kier molecular flexibility index (Phi) is 6.01. The average molecular weight is 333 g/mol. The third kappa shape index (κ3) is 4.17. The van der Waals surface area contributed by atoms with E-state index in [2.05, 4.69) is 4.90 Å². The first-order valence-electron chi connectivity index (χ1n) is 7.13. The summed E-state index contributed by atoms with van der Waals surface area (Å²) >= 11 is 6.00. The highest BCUT2D eigenvalue weighted by molar-refractivity contribution is 7.89. The van der Waals surface area contributed by atoms with Crippen molar-refractivity contribution < 1.29 is 13.5 Å². The summed E-state index contributed by atoms with van der Waals surface area (Å²) in [5.74, 6) is 0. The summed E-state index contributed by atoms with van der Waals surface area (Å²) in [5, 5.41) is 9.04. The number of aliphatic hydroxyl groups excluding tert-OH is 1. The normalized spacial score (nSPS) is 18.0. The maximum absolute atomic E-state index is 12.6. The van der Waals surface area contributed by atoms with Crippen LogP contribution in [0.15, 0.2) is 29.2 Å². The van der Waals surface area contributed by atoms with Crippen molar-refractivity contribution in [3.05, 3.63) is 29.3 Å². The van der Waals surface area contributed by atoms with Gasteiger partial charge in [-0.3, -0.25) is 0 Å². The number of nitrogens with zero attached hydrogens (tertiary/aromatic N) is 2. The molecule has 1 heterocycles. The lowest BCUT2D eigenvalue weighted by Crippen LogP contribution is -2.48. The minimum absolute atomic E-state index is 0.181. The van der Waals surface area contributed by atoms with E-state index >= 15 is 0 Å². The van der Waals surface area contributed by atoms with Crippen LogP contribution >= 0.6 is 11.6 Å². The summed E-state index contributed by atoms with van der Waals surface area (Å²) in [7, 11) is -3.51. The van der Waals surface area contributed by atoms with Crippen LogP contribution in [0.4, 0.5) is 0 Å². The number of hydrogen-bond donors (Lipinski definition) is 1. The van der Waals surface area contributed by atoms with Crippen molar-refractivity contribution in [1.82, 2.24) is 9.21 Å². The van der Waals surface area contributed by atoms with Gasteiger partial charge in [0.05, 0.1) is 5.02 Å². The first-order chi connectivity index (χ1) is 10.1. The summed E-state index contributed by atoms with van der Waals surface area (Å²) in [5.41, 5.74) is 0. The second kappa shape index (κ2) is 7.56. The van der Waals surface area contributed by atoms with E-state index in [1.807, 2.05) is 0 Å². The molecule has 0 radical (unpaired) electrons. The highest BCUT2D eigenvalue weighted by Crippen LogP contribution is 2.24. The first kappa shape index (κ1) is 16.7. The highest BCUT2D eigenvalue weighted by Gasteiger charge is 2.29. The molecule has 1 saturated heterocycles. The van der Waals surface area contributed by atoms with Crippen molar-refractivity contribution >= 4 is 21.6 Å². The molecule has 1 fully saturated rings. The van der Waals surface area contributed by atoms with Gasteiger partial charge in [-0.25, -0.2) is 8.42 Å². The van der Waals surface area contributed by atoms with E-state index in [0.717, 1.165) is 32.5 Å². The minimum Gasteiger partial charge on any atom is -0.396 e. The molecule has 0 aromatic heterocycles. The maximum Gasteiger partial charge on any atom is 0.244 e. The lowest BCUT2D eigenvalue weighted by Gasteiger charge is -2.34. The molecule has 118 valence electrons. The molecule has 0 unspecified atom stereocenters. The number of piperazine rings is 1. The number of rotatable bonds is 6. The van der Waals surface area contributed by atoms with Crippen molar-refractivity contribution in [3.63, 3.8) is 0 Å². The van der Waals surface area contributed by atoms with E-state index in [1.165, 1.54) is 4.31 Å². The predicted octanol–water partition coefficient (Wildman–Crippen LogP) is 1.42. The van der Waals surface area contributed by atoms with Crippen LogP contribution in [0.1, 0.15) is 12.8 Å². The Balaban J connectivity index is 1.97. The average Bonchev–Trinajstić information content (AvgIpc) is 2.48. The Morgan fingerprint density at radius 3 is 2.38 bits per heavy atom. The van der Waals surface area contributed by atoms with Gasteiger partial charge in [-0.15, -0.1) is 0 Å². The number of unbranched alkanes of at least 4 members (excludes halogenated alkanes) is 1. The van der Waals surface area contributed by atoms with Crippen molar-refractivity contribution in [2.45, 2.75) is 17.7 Å². The Morgan fingerprint density at radius 2 is 1.76 bits per heavy atom. The molecule has 0 saturated carbocycles. The van der Waals surface area contributed by atoms with Crippen molar-refractivity contribution in [3.8, 4) is 0 Å². The molecule has 0 aliphatic carbocycles. The fraction of sp³-hybridized carbons (Fsp3) is 0.571. The van der Waals surface area contributed by atoms with Crippen LogP contribution in [0.3, 0.4) is 0 Å². The zero-order valence-electron chi connectivity index (χ0n) is 11.9. The van der Waals surface area contributed by atoms with Gasteiger partial charge < -0.3 is 10.0 Å². The fourth-order valence-electron chi connectivity index (χ4n) is 2.43. The number of aliphatic hydroxyl groups is 1. The van der Waals surface area contributed by atoms with Crippen molar-refractivity contribution in [1.29, 1.82) is 0 Å². The van der Waals surface area contributed by atoms with Crippen molar-refractivity contribution in [2.75, 3.05) is 39.3 Å². The molecule has 1 aliphatic rings. The van der Waals surface area contributed by atoms with E-state index in [0.29, 0.717) is 13.1 Å². The zero-order valence-corrected chi connectivity index (χ0v) is 13.5. The highest BCUT2D eigenvalue weighted by atomic mass is 35.5. The standard InChI is InChI=1S/C14H21ClN2O3S/c15-13-5-1-2-6-14(13)21(19,20)17-10-8-16(9-11-17)7-3-4-12-18/h1-2,5-6,18H,3-4,7-12H2. The number of sulfonamides is 1. The Labute approximate surface area is 131 Å². The molecule has 1 aliphatic heterocycles. The van der Waals surface area contributed by atoms with Gasteiger partial charge >= 0.3 is 0 Å². The van der Waals surface area contributed by atoms with Crippen LogP contribution in [0.25, 0.3) is 0 Å². The molecule has 5 nitrogen and oxygen atoms in total. The van der Waals surface area contributed by atoms with E-state index in [4.69, 9.17) is 16.7 Å². The van der Waals surface area contributed by atoms with E-state index in [1.54, 1.807) is 24.3 Å². The Morgan fingerprint density at radius 1 is 1.10 bits per heavy atom. The molecule has 0 spiro atoms. The monoisotopic (exact) mass is 332 g/mol. The molecule has 7 heteroatoms. The van der Waals surface area contributed by atoms with E-state index in [-0.39, 0.29) is 16.5 Å². The van der Waals surface area contributed by atoms with Crippen molar-refractivity contribution in [2.24, 2.45) is 0 Å². The fourth-order valence-corrected chi connectivity index (χ4v) is 4.35. The summed E-state index contributed by atoms with van der Waals surface area (Å²) in [6.07, 6.45) is 1.73. The molecular formula is C14H21ClN2O3S. The molecule has 1 N–H and O–H groups in total. The van der Waals surface area contributed by atoms with Gasteiger partial charge in [0.15, 0.2) is 0 Å². The minimum atomic E-state index is -3.51. The third-order valence-electron chi connectivity index (χ3n) is 3.67. The quantitative estimate of drug-likeness (QED) is 0.800. The smallest absolute Gasteiger partial charge is 0.244 e. The molecule has 21 heavy (non-hydrogen) atoms. The number of hydrogen-bond acceptors (Lipinski definition) is 4. The Hall–Kier alpha value is -0.660. The van der Waals surface area contributed by atoms with Crippen LogP contribution in [0.5, 0.6) is 0 Å². The Bertz CT molecular complexity index is 557. The van der Waals surface area contributed by atoms with Gasteiger partial charge in [0.25, 0.3) is 0 Å². The van der Waals surface area contributed by atoms with E-state index in [9.17, 15) is 8.42 Å². The number of benzene rings is 1. The summed E-state index contributed by atoms with van der Waals surface area (Å²) in [6.45, 7) is 3.50. The maximum atomic E-state index is 12.6. The first-order valence-corrected chi connectivity index (χ1v) is 8.95. The molecule has 0 atom stereocenters. The van der Waals surface area contributed by atoms with Gasteiger partial charge in [0.1, 0.15) is 4.90 Å². The SMILES string of the molecule is O=S(=O)(c1ccccc1Cl)N1CCN(CCCCO)CC1. The predicted molar refractivity (Wildman–Crippen MR) is 83.0 cm³/mol. The second-order valence-electron chi connectivity index (χ2n) is 5.11. The molecule has 0 bridgehead atoms. The summed E-state index contributed by atoms with van der Waals surface area (Å²) in [4.78, 5) is 2.41. The van der Waals surface area contributed by atoms with Crippen LogP contribution in [0, 0.1) is 0 Å². The van der Waals surface area contributed by atoms with Gasteiger partial charge in [-0.2, -0.15) is 4.31 Å². The van der Waals surface area contributed by atoms with E-state index < -0.39 is 10.0 Å². The largest absolute Gasteiger partial charge is 0.396 e. The molecule has 1 aromatic carbocycles. The zero-order chi connectivity index (χ0) is 15.3. The van der Waals surface area contributed by atoms with Gasteiger partial charge in [-0.05, 0) is 31.5 Å². The molecular weight excluding hydrogens is 312 g/mol. The van der Waals surface area contributed by atoms with Gasteiger partial charge in [-0.1, -0.05) is 23.7 Å². The summed E-state index contributed by atoms with van der Waals surface area (Å²) < 4.78 is 26.6. The van der Waals surface area contributed by atoms with Crippen LogP contribution in [-0.4, -0.2) is 62.1 Å². The molecule has 1 aromatic rings. The summed E-state index contributed by atoms with van der Waals surface area (Å²) in [6, 6.07) is 6.55. The molecule has 2 rings (SSSR count). The van der Waals surface area contributed by atoms with Gasteiger partial charge in [0.2, 0.25) is 10.0 Å². The number of halogens is 1. The van der Waals surface area contributed by atoms with Crippen LogP contribution in [0.2, 0.25) is 5.02 Å². The second-order valence-corrected chi connectivity index (χ2v) is 7.42. The lowest BCUT2D eigenvalue weighted by atomic mass is 10.3. The van der Waals surface area contributed by atoms with Crippen LogP contribution in [-0.2, 0) is 10.0 Å². The lowest BCUT2D eigenvalue weighted by molar-refractivity contribution is 0.180. The molecule has 0 amide bonds. The third-order valence-corrected chi connectivity index (χ3v) is 6.07.